The van der Waals surface area contributed by atoms with E-state index >= 15 is 0 Å². The molecule has 0 aliphatic heterocycles. The van der Waals surface area contributed by atoms with Gasteiger partial charge in [0.15, 0.2) is 0 Å². The number of anilines is 3. The van der Waals surface area contributed by atoms with Gasteiger partial charge >= 0.3 is 0 Å². The maximum absolute atomic E-state index is 7.42. The Kier molecular flexibility index (Phi) is 13.4. The maximum Gasteiger partial charge on any atom is 0.129 e. The number of nitrogens with zero attached hydrogens (tertiary/aromatic N) is 1. The van der Waals surface area contributed by atoms with Crippen LogP contribution in [0.2, 0.25) is 0 Å². The molecule has 11 rings (SSSR count). The molecule has 308 valence electrons. The van der Waals surface area contributed by atoms with Gasteiger partial charge in [0.2, 0.25) is 0 Å². The average molecular weight is 947 g/mol. The second-order valence-corrected chi connectivity index (χ2v) is 20.9. The van der Waals surface area contributed by atoms with Gasteiger partial charge in [-0.3, -0.25) is 0 Å². The monoisotopic (exact) mass is 951 g/mol. The molecule has 0 N–H and O–H groups in total. The summed E-state index contributed by atoms with van der Waals surface area (Å²) in [4.78, 5) is 1.72. The Morgan fingerprint density at radius 2 is 0.637 bits per heavy atom. The molecule has 0 atom stereocenters. The molecule has 28 heteroatoms. The average Bonchev–Trinajstić information content (AvgIpc) is 4.05. The van der Waals surface area contributed by atoms with Crippen LogP contribution in [0.3, 0.4) is 0 Å². The van der Waals surface area contributed by atoms with Crippen molar-refractivity contribution in [2.75, 3.05) is 4.90 Å². The standard InChI is InChI=1S/C52H11B26NO/c1-51(2)10-3-8(5-12(53)16(10)18-22(51)32(62)41(71)37(67)28(18)58)79(15-7-14(55)27(57)49-17(15)21-31(61)40(70)47(77)48(78)50(21)80-49)9-4-11(26(56)13(54)6-9)52(25-35(65)44(74)46(76)45(75)36(25)66)23-19(29(59)38(68)42(72)33(23)63)20-24(52)34(64)43(73)39(69)30(20)60/h3-7H,1-2H3. The Morgan fingerprint density at radius 3 is 1.12 bits per heavy atom. The van der Waals surface area contributed by atoms with Gasteiger partial charge in [-0.15, -0.1) is 76.5 Å². The summed E-state index contributed by atoms with van der Waals surface area (Å²) in [5.41, 5.74) is -1.95. The summed E-state index contributed by atoms with van der Waals surface area (Å²) in [5, 5.41) is 0.429. The zero-order chi connectivity index (χ0) is 58.6. The Bertz CT molecular complexity index is 4330. The fraction of sp³-hybridized carbons (Fsp3) is 0.0769. The highest BCUT2D eigenvalue weighted by Gasteiger charge is 2.52. The molecule has 80 heavy (non-hydrogen) atoms. The van der Waals surface area contributed by atoms with Crippen molar-refractivity contribution in [1.82, 2.24) is 0 Å². The first-order chi connectivity index (χ1) is 37.3. The predicted octanol–water partition coefficient (Wildman–Crippen LogP) is -17.6. The van der Waals surface area contributed by atoms with Gasteiger partial charge in [0.1, 0.15) is 215 Å². The molecule has 0 unspecified atom stereocenters. The number of hydrogen-bond donors (Lipinski definition) is 0. The van der Waals surface area contributed by atoms with Crippen LogP contribution in [0.25, 0.3) is 44.2 Å². The lowest BCUT2D eigenvalue weighted by molar-refractivity contribution is 0.665. The van der Waals surface area contributed by atoms with Gasteiger partial charge in [0.05, 0.1) is 16.5 Å². The summed E-state index contributed by atoms with van der Waals surface area (Å²) in [6, 6.07) is 8.27. The van der Waals surface area contributed by atoms with Crippen molar-refractivity contribution in [3.05, 3.63) is 63.7 Å². The van der Waals surface area contributed by atoms with Gasteiger partial charge in [0, 0.05) is 22.2 Å². The molecule has 0 saturated heterocycles. The van der Waals surface area contributed by atoms with Crippen molar-refractivity contribution in [2.45, 2.75) is 24.7 Å². The normalized spacial score (nSPS) is 13.6. The highest BCUT2D eigenvalue weighted by molar-refractivity contribution is 6.72. The Morgan fingerprint density at radius 1 is 0.287 bits per heavy atom. The highest BCUT2D eigenvalue weighted by atomic mass is 16.3. The van der Waals surface area contributed by atoms with E-state index in [9.17, 15) is 0 Å². The SMILES string of the molecule is [B]c1cc(N(c2cc([B])c3c(c2)C(C)(C)c2c([B])c([B])c([B])c([B])c2-3)c2cc([B])c([B])c3oc4c([B])c([B])c([B])c([B])c4c23)cc(C2(c3c([B])c([B])c([B])c([B])c3[B])c3c([B])c([B])c([B])c([B])c3-c3c([B])c([B])c([B])c([B])c32)c1[B]. The zero-order valence-corrected chi connectivity index (χ0v) is 43.3. The molecule has 0 fully saturated rings. The first-order valence-corrected chi connectivity index (χ1v) is 24.2. The smallest absolute Gasteiger partial charge is 0.129 e. The number of furan rings is 1. The summed E-state index contributed by atoms with van der Waals surface area (Å²) in [6.45, 7) is 3.85. The molecule has 0 saturated carbocycles. The topological polar surface area (TPSA) is 16.4 Å². The minimum atomic E-state index is -2.22. The molecule has 0 amide bonds. The van der Waals surface area contributed by atoms with Gasteiger partial charge in [0.25, 0.3) is 0 Å². The lowest BCUT2D eigenvalue weighted by atomic mass is 9.49. The molecule has 9 aromatic rings. The van der Waals surface area contributed by atoms with E-state index in [0.29, 0.717) is 27.9 Å². The summed E-state index contributed by atoms with van der Waals surface area (Å²) < 4.78 is 6.49. The second kappa shape index (κ2) is 18.8. The third kappa shape index (κ3) is 7.10. The van der Waals surface area contributed by atoms with E-state index < -0.39 is 10.8 Å². The van der Waals surface area contributed by atoms with Gasteiger partial charge in [-0.2, -0.15) is 0 Å². The van der Waals surface area contributed by atoms with Gasteiger partial charge in [-0.05, 0) is 86.0 Å². The highest BCUT2D eigenvalue weighted by Crippen LogP contribution is 2.54. The van der Waals surface area contributed by atoms with Crippen LogP contribution in [0.5, 0.6) is 0 Å². The molecular formula is C52H11B26NO. The lowest BCUT2D eigenvalue weighted by Crippen LogP contribution is -2.62. The van der Waals surface area contributed by atoms with Gasteiger partial charge in [-0.25, -0.2) is 0 Å². The van der Waals surface area contributed by atoms with Crippen molar-refractivity contribution >= 4 is 385 Å². The molecule has 0 bridgehead atoms. The van der Waals surface area contributed by atoms with Crippen LogP contribution in [0.15, 0.2) is 34.7 Å². The van der Waals surface area contributed by atoms with E-state index in [2.05, 4.69) is 0 Å². The van der Waals surface area contributed by atoms with E-state index in [4.69, 9.17) is 208 Å². The van der Waals surface area contributed by atoms with Gasteiger partial charge in [-0.1, -0.05) is 79.4 Å². The van der Waals surface area contributed by atoms with Crippen LogP contribution in [-0.2, 0) is 10.8 Å². The predicted molar refractivity (Wildman–Crippen MR) is 363 cm³/mol. The van der Waals surface area contributed by atoms with Crippen molar-refractivity contribution in [3.8, 4) is 22.3 Å². The molecule has 2 aliphatic rings. The number of rotatable bonds is 5. The molecule has 1 heterocycles. The number of benzene rings is 8. The summed E-state index contributed by atoms with van der Waals surface area (Å²) in [5.74, 6) is 0. The molecule has 2 nitrogen and oxygen atoms in total. The molecular weight excluding hydrogens is 936 g/mol. The molecule has 8 aromatic carbocycles. The van der Waals surface area contributed by atoms with E-state index in [1.54, 1.807) is 29.2 Å². The first kappa shape index (κ1) is 56.9. The summed E-state index contributed by atoms with van der Waals surface area (Å²) in [7, 11) is 179. The quantitative estimate of drug-likeness (QED) is 0.160. The van der Waals surface area contributed by atoms with Crippen molar-refractivity contribution in [1.29, 1.82) is 0 Å². The molecule has 52 radical (unpaired) electrons. The number of hydrogen-bond acceptors (Lipinski definition) is 2. The minimum Gasteiger partial charge on any atom is -0.457 e. The van der Waals surface area contributed by atoms with E-state index in [-0.39, 0.29) is 209 Å². The van der Waals surface area contributed by atoms with Crippen LogP contribution in [-0.4, -0.2) is 204 Å². The van der Waals surface area contributed by atoms with Crippen molar-refractivity contribution in [2.24, 2.45) is 0 Å². The van der Waals surface area contributed by atoms with Crippen LogP contribution in [0.1, 0.15) is 47.2 Å². The van der Waals surface area contributed by atoms with E-state index in [1.165, 1.54) is 0 Å². The van der Waals surface area contributed by atoms with Crippen LogP contribution in [0, 0.1) is 0 Å². The van der Waals surface area contributed by atoms with Gasteiger partial charge < -0.3 is 9.32 Å². The Balaban J connectivity index is 1.39. The van der Waals surface area contributed by atoms with Crippen LogP contribution in [0.4, 0.5) is 17.1 Å². The second-order valence-electron chi connectivity index (χ2n) is 20.9. The van der Waals surface area contributed by atoms with Crippen LogP contribution < -0.4 is 147 Å². The molecule has 2 aliphatic carbocycles. The summed E-state index contributed by atoms with van der Waals surface area (Å²) in [6.07, 6.45) is 0. The number of fused-ring (bicyclic) bond motifs is 9. The van der Waals surface area contributed by atoms with Crippen molar-refractivity contribution < 1.29 is 4.42 Å². The fourth-order valence-corrected chi connectivity index (χ4v) is 12.4. The first-order valence-electron chi connectivity index (χ1n) is 24.2. The fourth-order valence-electron chi connectivity index (χ4n) is 12.4. The Hall–Kier alpha value is -4.95. The lowest BCUT2D eigenvalue weighted by Gasteiger charge is -2.44. The molecule has 0 spiro atoms. The third-order valence-electron chi connectivity index (χ3n) is 16.5. The maximum atomic E-state index is 7.42. The van der Waals surface area contributed by atoms with Crippen molar-refractivity contribution in [3.63, 3.8) is 0 Å². The zero-order valence-electron chi connectivity index (χ0n) is 43.3. The largest absolute Gasteiger partial charge is 0.457 e. The summed E-state index contributed by atoms with van der Waals surface area (Å²) >= 11 is 0. The van der Waals surface area contributed by atoms with E-state index in [0.717, 1.165) is 0 Å². The minimum absolute atomic E-state index is 0.00279. The third-order valence-corrected chi connectivity index (χ3v) is 16.5. The Labute approximate surface area is 501 Å². The van der Waals surface area contributed by atoms with Crippen LogP contribution >= 0.6 is 0 Å². The molecule has 1 aromatic heterocycles. The van der Waals surface area contributed by atoms with E-state index in [1.807, 2.05) is 19.9 Å².